The van der Waals surface area contributed by atoms with Crippen molar-refractivity contribution in [2.24, 2.45) is 0 Å². The highest BCUT2D eigenvalue weighted by Crippen LogP contribution is 2.19. The minimum Gasteiger partial charge on any atom is -0.280 e. The quantitative estimate of drug-likeness (QED) is 0.731. The third kappa shape index (κ3) is 3.54. The van der Waals surface area contributed by atoms with Gasteiger partial charge in [-0.15, -0.1) is 10.2 Å². The molecule has 124 valence electrons. The van der Waals surface area contributed by atoms with Gasteiger partial charge in [-0.3, -0.25) is 4.72 Å². The number of nitrogens with zero attached hydrogens (tertiary/aromatic N) is 3. The highest BCUT2D eigenvalue weighted by molar-refractivity contribution is 7.92. The maximum Gasteiger partial charge on any atom is 0.261 e. The summed E-state index contributed by atoms with van der Waals surface area (Å²) in [7, 11) is -4.01. The van der Waals surface area contributed by atoms with E-state index in [1.165, 1.54) is 0 Å². The number of hydrogen-bond acceptors (Lipinski definition) is 5. The van der Waals surface area contributed by atoms with Crippen molar-refractivity contribution in [1.29, 1.82) is 0 Å². The summed E-state index contributed by atoms with van der Waals surface area (Å²) in [5.74, 6) is -1.83. The predicted octanol–water partition coefficient (Wildman–Crippen LogP) is 1.87. The molecule has 2 aromatic carbocycles. The van der Waals surface area contributed by atoms with Crippen LogP contribution in [0.1, 0.15) is 11.4 Å². The molecule has 0 unspecified atom stereocenters. The Labute approximate surface area is 135 Å². The number of aromatic amines is 1. The standard InChI is InChI=1S/C14H11F2N5O2S/c15-12-6-5-11(8-13(12)16)24(22,23)19-10-3-1-9(2-4-10)7-14-17-20-21-18-14/h1-6,8,19H,7H2,(H,17,18,20,21). The molecule has 24 heavy (non-hydrogen) atoms. The molecule has 0 saturated carbocycles. The molecule has 0 atom stereocenters. The van der Waals surface area contributed by atoms with Crippen LogP contribution in [-0.4, -0.2) is 29.0 Å². The first-order valence-electron chi connectivity index (χ1n) is 6.73. The molecule has 3 aromatic rings. The molecule has 0 bridgehead atoms. The van der Waals surface area contributed by atoms with Gasteiger partial charge in [0.05, 0.1) is 4.90 Å². The fraction of sp³-hybridized carbons (Fsp3) is 0.0714. The lowest BCUT2D eigenvalue weighted by molar-refractivity contribution is 0.504. The number of rotatable bonds is 5. The minimum absolute atomic E-state index is 0.289. The first-order valence-corrected chi connectivity index (χ1v) is 8.21. The Morgan fingerprint density at radius 2 is 1.79 bits per heavy atom. The lowest BCUT2D eigenvalue weighted by Gasteiger charge is -2.09. The number of benzene rings is 2. The Bertz CT molecular complexity index is 944. The number of aromatic nitrogens is 4. The lowest BCUT2D eigenvalue weighted by atomic mass is 10.1. The normalized spacial score (nSPS) is 11.4. The van der Waals surface area contributed by atoms with E-state index in [0.29, 0.717) is 18.3 Å². The summed E-state index contributed by atoms with van der Waals surface area (Å²) in [5, 5.41) is 13.4. The first kappa shape index (κ1) is 16.0. The van der Waals surface area contributed by atoms with E-state index in [9.17, 15) is 17.2 Å². The average Bonchev–Trinajstić information content (AvgIpc) is 3.04. The van der Waals surface area contributed by atoms with Crippen molar-refractivity contribution in [2.75, 3.05) is 4.72 Å². The summed E-state index contributed by atoms with van der Waals surface area (Å²) >= 11 is 0. The largest absolute Gasteiger partial charge is 0.280 e. The van der Waals surface area contributed by atoms with Crippen LogP contribution in [0.2, 0.25) is 0 Å². The summed E-state index contributed by atoms with van der Waals surface area (Å²) in [6.45, 7) is 0. The topological polar surface area (TPSA) is 101 Å². The number of hydrogen-bond donors (Lipinski definition) is 2. The molecule has 0 saturated heterocycles. The number of halogens is 2. The van der Waals surface area contributed by atoms with Crippen LogP contribution in [0, 0.1) is 11.6 Å². The van der Waals surface area contributed by atoms with Crippen molar-refractivity contribution in [2.45, 2.75) is 11.3 Å². The van der Waals surface area contributed by atoms with Crippen LogP contribution in [0.4, 0.5) is 14.5 Å². The molecule has 0 aliphatic rings. The van der Waals surface area contributed by atoms with Gasteiger partial charge < -0.3 is 0 Å². The van der Waals surface area contributed by atoms with Gasteiger partial charge in [0.1, 0.15) is 0 Å². The number of tetrazole rings is 1. The van der Waals surface area contributed by atoms with Crippen LogP contribution >= 0.6 is 0 Å². The van der Waals surface area contributed by atoms with E-state index in [1.54, 1.807) is 24.3 Å². The average molecular weight is 351 g/mol. The van der Waals surface area contributed by atoms with Gasteiger partial charge in [-0.05, 0) is 35.9 Å². The van der Waals surface area contributed by atoms with Crippen LogP contribution in [0.25, 0.3) is 0 Å². The van der Waals surface area contributed by atoms with Gasteiger partial charge in [-0.1, -0.05) is 17.3 Å². The van der Waals surface area contributed by atoms with E-state index in [-0.39, 0.29) is 10.6 Å². The number of nitrogens with one attached hydrogen (secondary N) is 2. The molecule has 3 rings (SSSR count). The van der Waals surface area contributed by atoms with Gasteiger partial charge in [0.25, 0.3) is 10.0 Å². The number of anilines is 1. The Hall–Kier alpha value is -2.88. The van der Waals surface area contributed by atoms with Gasteiger partial charge in [0, 0.05) is 12.1 Å². The van der Waals surface area contributed by atoms with Crippen molar-refractivity contribution in [3.8, 4) is 0 Å². The maximum atomic E-state index is 13.2. The maximum absolute atomic E-state index is 13.2. The van der Waals surface area contributed by atoms with Crippen LogP contribution < -0.4 is 4.72 Å². The van der Waals surface area contributed by atoms with Crippen molar-refractivity contribution in [1.82, 2.24) is 20.6 Å². The molecule has 2 N–H and O–H groups in total. The van der Waals surface area contributed by atoms with E-state index < -0.39 is 21.7 Å². The molecule has 0 amide bonds. The van der Waals surface area contributed by atoms with Crippen LogP contribution in [0.3, 0.4) is 0 Å². The zero-order valence-corrected chi connectivity index (χ0v) is 12.9. The SMILES string of the molecule is O=S(=O)(Nc1ccc(Cc2nn[nH]n2)cc1)c1ccc(F)c(F)c1. The second kappa shape index (κ2) is 6.32. The molecule has 10 heteroatoms. The summed E-state index contributed by atoms with van der Waals surface area (Å²) in [5.41, 5.74) is 1.14. The van der Waals surface area contributed by atoms with Crippen molar-refractivity contribution >= 4 is 15.7 Å². The molecule has 0 aliphatic carbocycles. The molecular weight excluding hydrogens is 340 g/mol. The van der Waals surface area contributed by atoms with Gasteiger partial charge in [0.2, 0.25) is 0 Å². The number of sulfonamides is 1. The van der Waals surface area contributed by atoms with E-state index in [4.69, 9.17) is 0 Å². The van der Waals surface area contributed by atoms with E-state index in [1.807, 2.05) is 0 Å². The Morgan fingerprint density at radius 1 is 1.04 bits per heavy atom. The van der Waals surface area contributed by atoms with Crippen molar-refractivity contribution in [3.05, 3.63) is 65.5 Å². The van der Waals surface area contributed by atoms with Gasteiger partial charge in [-0.2, -0.15) is 5.21 Å². The zero-order valence-electron chi connectivity index (χ0n) is 12.1. The van der Waals surface area contributed by atoms with E-state index in [0.717, 1.165) is 17.7 Å². The van der Waals surface area contributed by atoms with Crippen LogP contribution in [0.15, 0.2) is 47.4 Å². The fourth-order valence-corrected chi connectivity index (χ4v) is 3.06. The third-order valence-corrected chi connectivity index (χ3v) is 4.54. The van der Waals surface area contributed by atoms with Crippen LogP contribution in [-0.2, 0) is 16.4 Å². The molecule has 1 aromatic heterocycles. The summed E-state index contributed by atoms with van der Waals surface area (Å²) in [6, 6.07) is 8.87. The fourth-order valence-electron chi connectivity index (χ4n) is 1.99. The number of H-pyrrole nitrogens is 1. The summed E-state index contributed by atoms with van der Waals surface area (Å²) in [4.78, 5) is -0.364. The predicted molar refractivity (Wildman–Crippen MR) is 80.6 cm³/mol. The molecule has 0 fully saturated rings. The summed E-state index contributed by atoms with van der Waals surface area (Å²) in [6.07, 6.45) is 0.437. The molecule has 0 aliphatic heterocycles. The monoisotopic (exact) mass is 351 g/mol. The molecule has 0 radical (unpaired) electrons. The van der Waals surface area contributed by atoms with Gasteiger partial charge in [-0.25, -0.2) is 17.2 Å². The highest BCUT2D eigenvalue weighted by atomic mass is 32.2. The lowest BCUT2D eigenvalue weighted by Crippen LogP contribution is -2.13. The molecule has 0 spiro atoms. The Kier molecular flexibility index (Phi) is 4.21. The smallest absolute Gasteiger partial charge is 0.261 e. The zero-order chi connectivity index (χ0) is 17.2. The Morgan fingerprint density at radius 3 is 2.42 bits per heavy atom. The van der Waals surface area contributed by atoms with Crippen LogP contribution in [0.5, 0.6) is 0 Å². The van der Waals surface area contributed by atoms with E-state index >= 15 is 0 Å². The second-order valence-electron chi connectivity index (χ2n) is 4.88. The van der Waals surface area contributed by atoms with Crippen molar-refractivity contribution in [3.63, 3.8) is 0 Å². The van der Waals surface area contributed by atoms with E-state index in [2.05, 4.69) is 25.3 Å². The Balaban J connectivity index is 1.76. The molecular formula is C14H11F2N5O2S. The highest BCUT2D eigenvalue weighted by Gasteiger charge is 2.16. The van der Waals surface area contributed by atoms with Crippen molar-refractivity contribution < 1.29 is 17.2 Å². The molecule has 1 heterocycles. The van der Waals surface area contributed by atoms with Gasteiger partial charge in [0.15, 0.2) is 17.5 Å². The first-order chi connectivity index (χ1) is 11.4. The molecule has 7 nitrogen and oxygen atoms in total. The third-order valence-electron chi connectivity index (χ3n) is 3.16. The van der Waals surface area contributed by atoms with Gasteiger partial charge >= 0.3 is 0 Å². The second-order valence-corrected chi connectivity index (χ2v) is 6.57. The minimum atomic E-state index is -4.01. The summed E-state index contributed by atoms with van der Waals surface area (Å²) < 4.78 is 52.7.